The normalized spacial score (nSPS) is 11.6. The van der Waals surface area contributed by atoms with Crippen LogP contribution in [-0.2, 0) is 4.74 Å². The van der Waals surface area contributed by atoms with Crippen molar-refractivity contribution in [3.63, 3.8) is 0 Å². The van der Waals surface area contributed by atoms with Gasteiger partial charge in [-0.15, -0.1) is 0 Å². The van der Waals surface area contributed by atoms with Crippen molar-refractivity contribution in [1.82, 2.24) is 0 Å². The first-order chi connectivity index (χ1) is 8.04. The number of nitrogens with one attached hydrogen (secondary N) is 1. The van der Waals surface area contributed by atoms with Gasteiger partial charge in [0.15, 0.2) is 0 Å². The smallest absolute Gasteiger partial charge is 0.337 e. The molecule has 0 aliphatic rings. The fraction of sp³-hybridized carbons (Fsp3) is 0.333. The summed E-state index contributed by atoms with van der Waals surface area (Å²) >= 11 is 4.88. The van der Waals surface area contributed by atoms with E-state index in [0.29, 0.717) is 17.1 Å². The van der Waals surface area contributed by atoms with E-state index in [9.17, 15) is 4.79 Å². The number of nitrogens with two attached hydrogens (primary N) is 1. The van der Waals surface area contributed by atoms with Crippen molar-refractivity contribution in [3.8, 4) is 0 Å². The van der Waals surface area contributed by atoms with Crippen LogP contribution < -0.4 is 11.1 Å². The number of benzene rings is 1. The number of esters is 1. The summed E-state index contributed by atoms with van der Waals surface area (Å²) in [6.07, 6.45) is 0. The minimum absolute atomic E-state index is 0.104. The summed E-state index contributed by atoms with van der Waals surface area (Å²) in [6.45, 7) is 2.58. The monoisotopic (exact) mass is 252 g/mol. The van der Waals surface area contributed by atoms with Gasteiger partial charge in [0, 0.05) is 18.2 Å². The molecular weight excluding hydrogens is 236 g/mol. The third kappa shape index (κ3) is 4.03. The van der Waals surface area contributed by atoms with Gasteiger partial charge < -0.3 is 15.8 Å². The van der Waals surface area contributed by atoms with E-state index in [1.54, 1.807) is 18.2 Å². The van der Waals surface area contributed by atoms with Gasteiger partial charge >= 0.3 is 5.97 Å². The first-order valence-electron chi connectivity index (χ1n) is 5.26. The summed E-state index contributed by atoms with van der Waals surface area (Å²) in [7, 11) is 1.36. The van der Waals surface area contributed by atoms with Crippen molar-refractivity contribution >= 4 is 28.9 Å². The predicted octanol–water partition coefficient (Wildman–Crippen LogP) is 1.81. The van der Waals surface area contributed by atoms with Gasteiger partial charge in [-0.1, -0.05) is 25.2 Å². The second-order valence-electron chi connectivity index (χ2n) is 3.76. The maximum absolute atomic E-state index is 11.3. The standard InChI is InChI=1S/C12H16N2O2S/c1-8(11(13)17)7-14-10-5-3-4-9(6-10)12(15)16-2/h3-6,8,14H,7H2,1-2H3,(H2,13,17). The summed E-state index contributed by atoms with van der Waals surface area (Å²) in [6, 6.07) is 7.10. The lowest BCUT2D eigenvalue weighted by molar-refractivity contribution is 0.0601. The van der Waals surface area contributed by atoms with Crippen LogP contribution in [0.25, 0.3) is 0 Å². The molecule has 0 amide bonds. The van der Waals surface area contributed by atoms with Gasteiger partial charge in [-0.3, -0.25) is 0 Å². The minimum Gasteiger partial charge on any atom is -0.465 e. The highest BCUT2D eigenvalue weighted by Gasteiger charge is 2.07. The Labute approximate surface area is 106 Å². The Kier molecular flexibility index (Phi) is 4.90. The van der Waals surface area contributed by atoms with Crippen LogP contribution in [0.5, 0.6) is 0 Å². The van der Waals surface area contributed by atoms with E-state index in [2.05, 4.69) is 10.1 Å². The zero-order valence-corrected chi connectivity index (χ0v) is 10.7. The van der Waals surface area contributed by atoms with Crippen molar-refractivity contribution in [2.24, 2.45) is 11.7 Å². The van der Waals surface area contributed by atoms with Gasteiger partial charge in [0.25, 0.3) is 0 Å². The molecule has 17 heavy (non-hydrogen) atoms. The zero-order valence-electron chi connectivity index (χ0n) is 9.90. The Morgan fingerprint density at radius 1 is 1.59 bits per heavy atom. The lowest BCUT2D eigenvalue weighted by atomic mass is 10.1. The molecule has 1 unspecified atom stereocenters. The highest BCUT2D eigenvalue weighted by molar-refractivity contribution is 7.80. The average molecular weight is 252 g/mol. The molecule has 0 heterocycles. The Bertz CT molecular complexity index is 421. The predicted molar refractivity (Wildman–Crippen MR) is 72.2 cm³/mol. The van der Waals surface area contributed by atoms with E-state index in [-0.39, 0.29) is 11.9 Å². The minimum atomic E-state index is -0.351. The molecule has 0 aliphatic carbocycles. The number of hydrogen-bond donors (Lipinski definition) is 2. The molecule has 1 rings (SSSR count). The molecular formula is C12H16N2O2S. The summed E-state index contributed by atoms with van der Waals surface area (Å²) < 4.78 is 4.65. The van der Waals surface area contributed by atoms with Crippen molar-refractivity contribution in [3.05, 3.63) is 29.8 Å². The van der Waals surface area contributed by atoms with Crippen LogP contribution >= 0.6 is 12.2 Å². The van der Waals surface area contributed by atoms with Gasteiger partial charge in [-0.05, 0) is 18.2 Å². The topological polar surface area (TPSA) is 64.3 Å². The first-order valence-corrected chi connectivity index (χ1v) is 5.67. The third-order valence-electron chi connectivity index (χ3n) is 2.38. The van der Waals surface area contributed by atoms with Crippen LogP contribution in [0.3, 0.4) is 0 Å². The summed E-state index contributed by atoms with van der Waals surface area (Å²) in [5, 5.41) is 3.17. The molecule has 92 valence electrons. The van der Waals surface area contributed by atoms with Gasteiger partial charge in [0.05, 0.1) is 17.7 Å². The van der Waals surface area contributed by atoms with Gasteiger partial charge in [-0.25, -0.2) is 4.79 Å². The molecule has 4 nitrogen and oxygen atoms in total. The van der Waals surface area contributed by atoms with Crippen LogP contribution in [0.2, 0.25) is 0 Å². The van der Waals surface area contributed by atoms with Crippen molar-refractivity contribution in [2.45, 2.75) is 6.92 Å². The fourth-order valence-electron chi connectivity index (χ4n) is 1.25. The fourth-order valence-corrected chi connectivity index (χ4v) is 1.33. The van der Waals surface area contributed by atoms with Gasteiger partial charge in [-0.2, -0.15) is 0 Å². The van der Waals surface area contributed by atoms with E-state index in [0.717, 1.165) is 5.69 Å². The van der Waals surface area contributed by atoms with Crippen molar-refractivity contribution in [2.75, 3.05) is 19.0 Å². The number of rotatable bonds is 5. The lowest BCUT2D eigenvalue weighted by Gasteiger charge is -2.12. The molecule has 0 aromatic heterocycles. The summed E-state index contributed by atoms with van der Waals surface area (Å²) in [5.74, 6) is -0.247. The second kappa shape index (κ2) is 6.20. The maximum Gasteiger partial charge on any atom is 0.337 e. The van der Waals surface area contributed by atoms with Crippen molar-refractivity contribution in [1.29, 1.82) is 0 Å². The Morgan fingerprint density at radius 2 is 2.29 bits per heavy atom. The second-order valence-corrected chi connectivity index (χ2v) is 4.23. The molecule has 0 saturated carbocycles. The molecule has 5 heteroatoms. The molecule has 0 radical (unpaired) electrons. The van der Waals surface area contributed by atoms with Crippen LogP contribution in [0.15, 0.2) is 24.3 Å². The summed E-state index contributed by atoms with van der Waals surface area (Å²) in [5.41, 5.74) is 6.87. The Balaban J connectivity index is 2.66. The molecule has 0 fully saturated rings. The molecule has 0 spiro atoms. The quantitative estimate of drug-likeness (QED) is 0.618. The highest BCUT2D eigenvalue weighted by atomic mass is 32.1. The van der Waals surface area contributed by atoms with E-state index in [1.807, 2.05) is 13.0 Å². The molecule has 3 N–H and O–H groups in total. The molecule has 0 saturated heterocycles. The number of anilines is 1. The number of carbonyl (C=O) groups is 1. The van der Waals surface area contributed by atoms with Crippen LogP contribution in [0.1, 0.15) is 17.3 Å². The highest BCUT2D eigenvalue weighted by Crippen LogP contribution is 2.12. The number of carbonyl (C=O) groups excluding carboxylic acids is 1. The number of thiocarbonyl (C=S) groups is 1. The first kappa shape index (κ1) is 13.4. The lowest BCUT2D eigenvalue weighted by Crippen LogP contribution is -2.25. The molecule has 1 aromatic rings. The van der Waals surface area contributed by atoms with Gasteiger partial charge in [0.1, 0.15) is 0 Å². The van der Waals surface area contributed by atoms with E-state index < -0.39 is 0 Å². The number of ether oxygens (including phenoxy) is 1. The Morgan fingerprint density at radius 3 is 2.88 bits per heavy atom. The van der Waals surface area contributed by atoms with Crippen LogP contribution in [-0.4, -0.2) is 24.6 Å². The van der Waals surface area contributed by atoms with Crippen LogP contribution in [0, 0.1) is 5.92 Å². The summed E-state index contributed by atoms with van der Waals surface area (Å²) in [4.78, 5) is 11.8. The molecule has 1 atom stereocenters. The van der Waals surface area contributed by atoms with E-state index in [4.69, 9.17) is 18.0 Å². The SMILES string of the molecule is COC(=O)c1cccc(NCC(C)C(N)=S)c1. The van der Waals surface area contributed by atoms with Crippen LogP contribution in [0.4, 0.5) is 5.69 Å². The maximum atomic E-state index is 11.3. The molecule has 0 bridgehead atoms. The van der Waals surface area contributed by atoms with E-state index >= 15 is 0 Å². The number of hydrogen-bond acceptors (Lipinski definition) is 4. The average Bonchev–Trinajstić information content (AvgIpc) is 2.35. The largest absolute Gasteiger partial charge is 0.465 e. The Hall–Kier alpha value is -1.62. The van der Waals surface area contributed by atoms with Gasteiger partial charge in [0.2, 0.25) is 0 Å². The third-order valence-corrected chi connectivity index (χ3v) is 2.78. The van der Waals surface area contributed by atoms with E-state index in [1.165, 1.54) is 7.11 Å². The molecule has 1 aromatic carbocycles. The van der Waals surface area contributed by atoms with Crippen molar-refractivity contribution < 1.29 is 9.53 Å². The molecule has 0 aliphatic heterocycles. The zero-order chi connectivity index (χ0) is 12.8. The number of methoxy groups -OCH3 is 1.